The highest BCUT2D eigenvalue weighted by atomic mass is 32.2. The van der Waals surface area contributed by atoms with Crippen molar-refractivity contribution < 1.29 is 8.42 Å². The molecule has 6 nitrogen and oxygen atoms in total. The monoisotopic (exact) mass is 398 g/mol. The molecule has 0 aromatic heterocycles. The number of thioether (sulfide) groups is 1. The lowest BCUT2D eigenvalue weighted by Gasteiger charge is -2.25. The van der Waals surface area contributed by atoms with E-state index in [1.807, 2.05) is 0 Å². The van der Waals surface area contributed by atoms with Crippen LogP contribution in [-0.4, -0.2) is 69.2 Å². The van der Waals surface area contributed by atoms with Crippen molar-refractivity contribution in [3.05, 3.63) is 35.4 Å². The topological polar surface area (TPSA) is 73.8 Å². The summed E-state index contributed by atoms with van der Waals surface area (Å²) >= 11 is 1.80. The minimum Gasteiger partial charge on any atom is -0.356 e. The van der Waals surface area contributed by atoms with Crippen LogP contribution in [0.15, 0.2) is 29.3 Å². The van der Waals surface area contributed by atoms with Crippen LogP contribution in [0.3, 0.4) is 0 Å². The molecular weight excluding hydrogens is 368 g/mol. The largest absolute Gasteiger partial charge is 0.356 e. The molecule has 0 aliphatic carbocycles. The lowest BCUT2D eigenvalue weighted by Crippen LogP contribution is -2.44. The van der Waals surface area contributed by atoms with Gasteiger partial charge in [0.05, 0.1) is 5.75 Å². The highest BCUT2D eigenvalue weighted by Gasteiger charge is 2.23. The maximum Gasteiger partial charge on any atom is 0.215 e. The maximum atomic E-state index is 12.4. The summed E-state index contributed by atoms with van der Waals surface area (Å²) in [6.07, 6.45) is 0. The van der Waals surface area contributed by atoms with Gasteiger partial charge in [-0.2, -0.15) is 11.8 Å². The van der Waals surface area contributed by atoms with E-state index in [0.29, 0.717) is 31.5 Å². The minimum absolute atomic E-state index is 0.0891. The Balaban J connectivity index is 1.77. The zero-order valence-corrected chi connectivity index (χ0v) is 17.5. The number of nitrogens with one attached hydrogen (secondary N) is 2. The van der Waals surface area contributed by atoms with Crippen LogP contribution in [-0.2, 0) is 10.0 Å². The third-order valence-electron chi connectivity index (χ3n) is 4.43. The first-order chi connectivity index (χ1) is 12.4. The Hall–Kier alpha value is -1.25. The van der Waals surface area contributed by atoms with E-state index >= 15 is 0 Å². The summed E-state index contributed by atoms with van der Waals surface area (Å²) in [4.78, 5) is 4.19. The van der Waals surface area contributed by atoms with Crippen LogP contribution in [0.25, 0.3) is 0 Å². The fourth-order valence-electron chi connectivity index (χ4n) is 2.82. The van der Waals surface area contributed by atoms with Crippen LogP contribution in [0, 0.1) is 6.92 Å². The lowest BCUT2D eigenvalue weighted by atomic mass is 9.99. The Labute approximate surface area is 161 Å². The number of aryl methyl sites for hydroxylation is 1. The van der Waals surface area contributed by atoms with Crippen LogP contribution in [0.2, 0.25) is 0 Å². The average Bonchev–Trinajstić information content (AvgIpc) is 2.65. The van der Waals surface area contributed by atoms with Crippen molar-refractivity contribution in [3.63, 3.8) is 0 Å². The summed E-state index contributed by atoms with van der Waals surface area (Å²) in [5.41, 5.74) is 2.52. The van der Waals surface area contributed by atoms with Gasteiger partial charge in [-0.3, -0.25) is 4.99 Å². The van der Waals surface area contributed by atoms with Gasteiger partial charge in [0, 0.05) is 44.7 Å². The van der Waals surface area contributed by atoms with Crippen molar-refractivity contribution >= 4 is 27.7 Å². The molecule has 8 heteroatoms. The van der Waals surface area contributed by atoms with Crippen LogP contribution in [0.4, 0.5) is 0 Å². The van der Waals surface area contributed by atoms with Gasteiger partial charge in [0.15, 0.2) is 5.96 Å². The highest BCUT2D eigenvalue weighted by molar-refractivity contribution is 7.99. The van der Waals surface area contributed by atoms with Crippen molar-refractivity contribution in [1.82, 2.24) is 14.9 Å². The number of guanidine groups is 1. The summed E-state index contributed by atoms with van der Waals surface area (Å²) in [7, 11) is -1.49. The number of aliphatic imine (C=N–C) groups is 1. The number of rotatable bonds is 7. The van der Waals surface area contributed by atoms with Crippen molar-refractivity contribution in [1.29, 1.82) is 0 Å². The molecule has 2 rings (SSSR count). The van der Waals surface area contributed by atoms with E-state index in [9.17, 15) is 8.42 Å². The van der Waals surface area contributed by atoms with Crippen LogP contribution < -0.4 is 10.6 Å². The van der Waals surface area contributed by atoms with Gasteiger partial charge in [0.1, 0.15) is 0 Å². The van der Waals surface area contributed by atoms with Crippen LogP contribution >= 0.6 is 11.8 Å². The summed E-state index contributed by atoms with van der Waals surface area (Å²) in [6, 6.07) is 8.47. The normalized spacial score (nSPS) is 17.7. The van der Waals surface area contributed by atoms with Crippen molar-refractivity contribution in [3.8, 4) is 0 Å². The number of hydrogen-bond acceptors (Lipinski definition) is 4. The Bertz CT molecular complexity index is 701. The summed E-state index contributed by atoms with van der Waals surface area (Å²) in [5.74, 6) is 2.82. The molecule has 0 saturated carbocycles. The smallest absolute Gasteiger partial charge is 0.215 e. The molecule has 146 valence electrons. The van der Waals surface area contributed by atoms with E-state index in [4.69, 9.17) is 0 Å². The summed E-state index contributed by atoms with van der Waals surface area (Å²) < 4.78 is 26.3. The SMILES string of the molecule is CN=C(NCCS(=O)(=O)N1CCSCC1)NCC(C)c1cccc(C)c1. The van der Waals surface area contributed by atoms with Gasteiger partial charge < -0.3 is 10.6 Å². The van der Waals surface area contributed by atoms with E-state index in [-0.39, 0.29) is 5.75 Å². The first kappa shape index (κ1) is 21.1. The van der Waals surface area contributed by atoms with E-state index in [2.05, 4.69) is 53.7 Å². The third kappa shape index (κ3) is 6.48. The molecule has 1 atom stereocenters. The maximum absolute atomic E-state index is 12.4. The van der Waals surface area contributed by atoms with Gasteiger partial charge in [-0.15, -0.1) is 0 Å². The highest BCUT2D eigenvalue weighted by Crippen LogP contribution is 2.15. The van der Waals surface area contributed by atoms with E-state index in [1.54, 1.807) is 23.1 Å². The summed E-state index contributed by atoms with van der Waals surface area (Å²) in [6.45, 7) is 6.57. The average molecular weight is 399 g/mol. The van der Waals surface area contributed by atoms with Crippen molar-refractivity contribution in [2.75, 3.05) is 50.5 Å². The molecule has 1 aromatic rings. The molecule has 1 aliphatic heterocycles. The second-order valence-electron chi connectivity index (χ2n) is 6.52. The quantitative estimate of drug-likeness (QED) is 0.540. The molecule has 1 unspecified atom stereocenters. The Morgan fingerprint density at radius 1 is 1.31 bits per heavy atom. The number of hydrogen-bond donors (Lipinski definition) is 2. The molecular formula is C18H30N4O2S2. The Kier molecular flexibility index (Phi) is 8.24. The number of benzene rings is 1. The second-order valence-corrected chi connectivity index (χ2v) is 9.84. The molecule has 0 spiro atoms. The van der Waals surface area contributed by atoms with Crippen LogP contribution in [0.5, 0.6) is 0 Å². The molecule has 1 heterocycles. The molecule has 1 fully saturated rings. The predicted octanol–water partition coefficient (Wildman–Crippen LogP) is 1.64. The first-order valence-corrected chi connectivity index (χ1v) is 11.8. The molecule has 0 amide bonds. The predicted molar refractivity (Wildman–Crippen MR) is 112 cm³/mol. The summed E-state index contributed by atoms with van der Waals surface area (Å²) in [5, 5.41) is 6.39. The minimum atomic E-state index is -3.19. The second kappa shape index (κ2) is 10.2. The van der Waals surface area contributed by atoms with Gasteiger partial charge in [0.2, 0.25) is 10.0 Å². The molecule has 0 bridgehead atoms. The van der Waals surface area contributed by atoms with Crippen molar-refractivity contribution in [2.45, 2.75) is 19.8 Å². The van der Waals surface area contributed by atoms with Gasteiger partial charge in [0.25, 0.3) is 0 Å². The number of sulfonamides is 1. The van der Waals surface area contributed by atoms with E-state index in [1.165, 1.54) is 11.1 Å². The molecule has 1 saturated heterocycles. The van der Waals surface area contributed by atoms with Gasteiger partial charge in [-0.05, 0) is 18.4 Å². The first-order valence-electron chi connectivity index (χ1n) is 8.99. The fourth-order valence-corrected chi connectivity index (χ4v) is 5.31. The molecule has 1 aliphatic rings. The Morgan fingerprint density at radius 3 is 2.69 bits per heavy atom. The van der Waals surface area contributed by atoms with Crippen LogP contribution in [0.1, 0.15) is 24.0 Å². The van der Waals surface area contributed by atoms with Gasteiger partial charge in [-0.25, -0.2) is 12.7 Å². The molecule has 1 aromatic carbocycles. The molecule has 2 N–H and O–H groups in total. The molecule has 26 heavy (non-hydrogen) atoms. The third-order valence-corrected chi connectivity index (χ3v) is 7.24. The zero-order valence-electron chi connectivity index (χ0n) is 15.9. The number of nitrogens with zero attached hydrogens (tertiary/aromatic N) is 2. The van der Waals surface area contributed by atoms with Gasteiger partial charge in [-0.1, -0.05) is 36.8 Å². The standard InChI is InChI=1S/C18H30N4O2S2/c1-15-5-4-6-17(13-15)16(2)14-21-18(19-3)20-7-12-26(23,24)22-8-10-25-11-9-22/h4-6,13,16H,7-12,14H2,1-3H3,(H2,19,20,21). The van der Waals surface area contributed by atoms with E-state index in [0.717, 1.165) is 18.1 Å². The lowest BCUT2D eigenvalue weighted by molar-refractivity contribution is 0.443. The molecule has 0 radical (unpaired) electrons. The van der Waals surface area contributed by atoms with Crippen molar-refractivity contribution in [2.24, 2.45) is 4.99 Å². The fraction of sp³-hybridized carbons (Fsp3) is 0.611. The zero-order chi connectivity index (χ0) is 19.0. The Morgan fingerprint density at radius 2 is 2.04 bits per heavy atom. The van der Waals surface area contributed by atoms with Gasteiger partial charge >= 0.3 is 0 Å². The van der Waals surface area contributed by atoms with E-state index < -0.39 is 10.0 Å².